The standard InChI is InChI=1S/C16H19N3O4S/c1-9-14(24-16(17-9)18-10(2)20)12-5-6-13(23-12)15(22)19-7-3-4-11(21)8-19/h5-6,11,21H,3-4,7-8H2,1-2H3,(H,17,18,20). The van der Waals surface area contributed by atoms with Crippen LogP contribution in [0.4, 0.5) is 5.13 Å². The van der Waals surface area contributed by atoms with Crippen molar-refractivity contribution in [1.29, 1.82) is 0 Å². The first-order chi connectivity index (χ1) is 11.4. The fourth-order valence-corrected chi connectivity index (χ4v) is 3.67. The molecule has 0 saturated carbocycles. The van der Waals surface area contributed by atoms with E-state index >= 15 is 0 Å². The maximum atomic E-state index is 12.5. The number of anilines is 1. The highest BCUT2D eigenvalue weighted by Crippen LogP contribution is 2.34. The number of aromatic nitrogens is 1. The number of carbonyl (C=O) groups is 2. The van der Waals surface area contributed by atoms with Crippen molar-refractivity contribution < 1.29 is 19.1 Å². The van der Waals surface area contributed by atoms with Crippen molar-refractivity contribution in [2.24, 2.45) is 0 Å². The van der Waals surface area contributed by atoms with Crippen LogP contribution in [0.2, 0.25) is 0 Å². The Balaban J connectivity index is 1.79. The molecule has 1 aliphatic rings. The van der Waals surface area contributed by atoms with E-state index in [1.807, 2.05) is 6.92 Å². The molecule has 8 heteroatoms. The Hall–Kier alpha value is -2.19. The number of thiazole rings is 1. The third-order valence-corrected chi connectivity index (χ3v) is 4.89. The molecule has 2 N–H and O–H groups in total. The molecule has 0 spiro atoms. The lowest BCUT2D eigenvalue weighted by Gasteiger charge is -2.29. The molecular weight excluding hydrogens is 330 g/mol. The molecule has 128 valence electrons. The average Bonchev–Trinajstić information content (AvgIpc) is 3.12. The van der Waals surface area contributed by atoms with Gasteiger partial charge in [0.2, 0.25) is 5.91 Å². The summed E-state index contributed by atoms with van der Waals surface area (Å²) in [4.78, 5) is 30.3. The van der Waals surface area contributed by atoms with E-state index in [1.165, 1.54) is 18.3 Å². The molecule has 24 heavy (non-hydrogen) atoms. The van der Waals surface area contributed by atoms with Crippen LogP contribution in [-0.2, 0) is 4.79 Å². The highest BCUT2D eigenvalue weighted by atomic mass is 32.1. The van der Waals surface area contributed by atoms with Crippen LogP contribution in [0.15, 0.2) is 16.5 Å². The second kappa shape index (κ2) is 6.74. The topological polar surface area (TPSA) is 95.7 Å². The minimum Gasteiger partial charge on any atom is -0.450 e. The average molecular weight is 349 g/mol. The number of aliphatic hydroxyl groups excluding tert-OH is 1. The Morgan fingerprint density at radius 2 is 2.25 bits per heavy atom. The zero-order valence-corrected chi connectivity index (χ0v) is 14.4. The molecule has 2 aromatic heterocycles. The van der Waals surface area contributed by atoms with Crippen molar-refractivity contribution >= 4 is 28.3 Å². The van der Waals surface area contributed by atoms with Crippen LogP contribution < -0.4 is 5.32 Å². The highest BCUT2D eigenvalue weighted by Gasteiger charge is 2.25. The number of piperidine rings is 1. The smallest absolute Gasteiger partial charge is 0.289 e. The lowest BCUT2D eigenvalue weighted by atomic mass is 10.1. The Kier molecular flexibility index (Phi) is 4.68. The molecule has 1 aliphatic heterocycles. The Labute approximate surface area is 143 Å². The summed E-state index contributed by atoms with van der Waals surface area (Å²) >= 11 is 1.30. The lowest BCUT2D eigenvalue weighted by Crippen LogP contribution is -2.42. The molecular formula is C16H19N3O4S. The van der Waals surface area contributed by atoms with Gasteiger partial charge in [-0.15, -0.1) is 0 Å². The number of β-amino-alcohol motifs (C(OH)–C–C–N with tert-alkyl or cyclic N) is 1. The zero-order chi connectivity index (χ0) is 17.3. The van der Waals surface area contributed by atoms with Crippen LogP contribution in [0.5, 0.6) is 0 Å². The van der Waals surface area contributed by atoms with Gasteiger partial charge >= 0.3 is 0 Å². The van der Waals surface area contributed by atoms with Gasteiger partial charge in [-0.25, -0.2) is 4.98 Å². The predicted molar refractivity (Wildman–Crippen MR) is 90.0 cm³/mol. The first kappa shape index (κ1) is 16.7. The molecule has 7 nitrogen and oxygen atoms in total. The number of carbonyl (C=O) groups excluding carboxylic acids is 2. The lowest BCUT2D eigenvalue weighted by molar-refractivity contribution is -0.114. The number of nitrogens with zero attached hydrogens (tertiary/aromatic N) is 2. The Bertz CT molecular complexity index is 767. The van der Waals surface area contributed by atoms with Crippen molar-refractivity contribution in [2.45, 2.75) is 32.8 Å². The number of hydrogen-bond acceptors (Lipinski definition) is 6. The van der Waals surface area contributed by atoms with Gasteiger partial charge < -0.3 is 19.7 Å². The summed E-state index contributed by atoms with van der Waals surface area (Å²) in [6.45, 7) is 4.20. The van der Waals surface area contributed by atoms with E-state index in [1.54, 1.807) is 17.0 Å². The third kappa shape index (κ3) is 3.49. The summed E-state index contributed by atoms with van der Waals surface area (Å²) in [6.07, 6.45) is 1.04. The number of nitrogens with one attached hydrogen (secondary N) is 1. The van der Waals surface area contributed by atoms with Gasteiger partial charge in [-0.2, -0.15) is 0 Å². The molecule has 0 aromatic carbocycles. The monoisotopic (exact) mass is 349 g/mol. The normalized spacial score (nSPS) is 17.8. The highest BCUT2D eigenvalue weighted by molar-refractivity contribution is 7.19. The van der Waals surface area contributed by atoms with E-state index in [9.17, 15) is 14.7 Å². The van der Waals surface area contributed by atoms with Gasteiger partial charge in [0.1, 0.15) is 5.76 Å². The molecule has 3 rings (SSSR count). The largest absolute Gasteiger partial charge is 0.450 e. The van der Waals surface area contributed by atoms with E-state index in [0.29, 0.717) is 24.0 Å². The summed E-state index contributed by atoms with van der Waals surface area (Å²) in [7, 11) is 0. The van der Waals surface area contributed by atoms with Gasteiger partial charge in [-0.1, -0.05) is 11.3 Å². The summed E-state index contributed by atoms with van der Waals surface area (Å²) < 4.78 is 5.70. The summed E-state index contributed by atoms with van der Waals surface area (Å²) in [5.74, 6) is 0.383. The maximum absolute atomic E-state index is 12.5. The minimum atomic E-state index is -0.471. The number of aliphatic hydroxyl groups is 1. The van der Waals surface area contributed by atoms with Crippen molar-refractivity contribution in [3.05, 3.63) is 23.6 Å². The van der Waals surface area contributed by atoms with Crippen LogP contribution in [0.3, 0.4) is 0 Å². The SMILES string of the molecule is CC(=O)Nc1nc(C)c(-c2ccc(C(=O)N3CCCC(O)C3)o2)s1. The number of aryl methyl sites for hydroxylation is 1. The number of furan rings is 1. The van der Waals surface area contributed by atoms with Crippen LogP contribution in [0.25, 0.3) is 10.6 Å². The number of amides is 2. The molecule has 1 fully saturated rings. The first-order valence-electron chi connectivity index (χ1n) is 7.76. The second-order valence-corrected chi connectivity index (χ2v) is 6.82. The van der Waals surface area contributed by atoms with Gasteiger partial charge in [0.25, 0.3) is 5.91 Å². The van der Waals surface area contributed by atoms with Crippen LogP contribution in [0, 0.1) is 6.92 Å². The van der Waals surface area contributed by atoms with Gasteiger partial charge in [0, 0.05) is 20.0 Å². The van der Waals surface area contributed by atoms with E-state index in [2.05, 4.69) is 10.3 Å². The van der Waals surface area contributed by atoms with Gasteiger partial charge in [-0.3, -0.25) is 9.59 Å². The maximum Gasteiger partial charge on any atom is 0.289 e. The summed E-state index contributed by atoms with van der Waals surface area (Å²) in [5.41, 5.74) is 0.727. The molecule has 3 heterocycles. The van der Waals surface area contributed by atoms with Crippen molar-refractivity contribution in [1.82, 2.24) is 9.88 Å². The number of likely N-dealkylation sites (tertiary alicyclic amines) is 1. The molecule has 1 atom stereocenters. The predicted octanol–water partition coefficient (Wildman–Crippen LogP) is 2.27. The third-order valence-electron chi connectivity index (χ3n) is 3.80. The van der Waals surface area contributed by atoms with Crippen molar-refractivity contribution in [3.63, 3.8) is 0 Å². The van der Waals surface area contributed by atoms with Crippen LogP contribution in [-0.4, -0.2) is 46.0 Å². The first-order valence-corrected chi connectivity index (χ1v) is 8.58. The molecule has 0 bridgehead atoms. The zero-order valence-electron chi connectivity index (χ0n) is 13.5. The molecule has 0 radical (unpaired) electrons. The van der Waals surface area contributed by atoms with Gasteiger partial charge in [0.05, 0.1) is 16.7 Å². The molecule has 0 aliphatic carbocycles. The second-order valence-electron chi connectivity index (χ2n) is 5.83. The molecule has 2 aromatic rings. The Morgan fingerprint density at radius 3 is 2.96 bits per heavy atom. The summed E-state index contributed by atoms with van der Waals surface area (Å²) in [5, 5.41) is 12.8. The van der Waals surface area contributed by atoms with Crippen LogP contribution >= 0.6 is 11.3 Å². The van der Waals surface area contributed by atoms with E-state index < -0.39 is 6.10 Å². The van der Waals surface area contributed by atoms with Gasteiger partial charge in [0.15, 0.2) is 10.9 Å². The number of hydrogen-bond donors (Lipinski definition) is 2. The molecule has 1 unspecified atom stereocenters. The quantitative estimate of drug-likeness (QED) is 0.886. The fourth-order valence-electron chi connectivity index (χ4n) is 2.70. The fraction of sp³-hybridized carbons (Fsp3) is 0.438. The number of rotatable bonds is 3. The minimum absolute atomic E-state index is 0.186. The van der Waals surface area contributed by atoms with E-state index in [4.69, 9.17) is 4.42 Å². The van der Waals surface area contributed by atoms with Gasteiger partial charge in [-0.05, 0) is 31.9 Å². The van der Waals surface area contributed by atoms with Crippen LogP contribution in [0.1, 0.15) is 36.0 Å². The summed E-state index contributed by atoms with van der Waals surface area (Å²) in [6, 6.07) is 3.36. The van der Waals surface area contributed by atoms with Crippen molar-refractivity contribution in [3.8, 4) is 10.6 Å². The van der Waals surface area contributed by atoms with Crippen molar-refractivity contribution in [2.75, 3.05) is 18.4 Å². The van der Waals surface area contributed by atoms with E-state index in [-0.39, 0.29) is 17.6 Å². The Morgan fingerprint density at radius 1 is 1.46 bits per heavy atom. The molecule has 2 amide bonds. The van der Waals surface area contributed by atoms with E-state index in [0.717, 1.165) is 23.4 Å². The molecule has 1 saturated heterocycles.